The first kappa shape index (κ1) is 13.0. The van der Waals surface area contributed by atoms with Gasteiger partial charge in [-0.3, -0.25) is 0 Å². The van der Waals surface area contributed by atoms with Crippen LogP contribution in [-0.4, -0.2) is 15.2 Å². The molecule has 0 aliphatic rings. The van der Waals surface area contributed by atoms with E-state index in [2.05, 4.69) is 29.0 Å². The first-order valence-electron chi connectivity index (χ1n) is 5.94. The van der Waals surface area contributed by atoms with Crippen LogP contribution >= 0.6 is 11.8 Å². The van der Waals surface area contributed by atoms with Crippen LogP contribution in [0.4, 0.5) is 0 Å². The largest absolute Gasteiger partial charge is 0.440 e. The molecule has 0 unspecified atom stereocenters. The molecule has 0 spiro atoms. The van der Waals surface area contributed by atoms with Crippen molar-refractivity contribution in [2.75, 3.05) is 0 Å². The molecule has 18 heavy (non-hydrogen) atoms. The number of hydrogen-bond donors (Lipinski definition) is 1. The van der Waals surface area contributed by atoms with Crippen molar-refractivity contribution in [2.24, 2.45) is 5.73 Å². The summed E-state index contributed by atoms with van der Waals surface area (Å²) in [5.41, 5.74) is 9.12. The van der Waals surface area contributed by atoms with E-state index in [1.165, 1.54) is 17.3 Å². The number of oxazole rings is 1. The molecule has 0 bridgehead atoms. The lowest BCUT2D eigenvalue weighted by Gasteiger charge is -2.12. The van der Waals surface area contributed by atoms with Gasteiger partial charge in [0.15, 0.2) is 0 Å². The van der Waals surface area contributed by atoms with Crippen molar-refractivity contribution in [1.82, 2.24) is 15.2 Å². The van der Waals surface area contributed by atoms with E-state index in [0.29, 0.717) is 11.8 Å². The molecule has 2 aromatic rings. The third-order valence-electron chi connectivity index (χ3n) is 2.72. The number of nitrogens with zero attached hydrogens (tertiary/aromatic N) is 3. The number of rotatable bonds is 5. The van der Waals surface area contributed by atoms with Crippen LogP contribution in [-0.2, 0) is 19.4 Å². The summed E-state index contributed by atoms with van der Waals surface area (Å²) in [4.78, 5) is 4.07. The van der Waals surface area contributed by atoms with Crippen LogP contribution in [0.3, 0.4) is 0 Å². The Morgan fingerprint density at radius 3 is 2.61 bits per heavy atom. The Morgan fingerprint density at radius 1 is 1.22 bits per heavy atom. The fraction of sp³-hybridized carbons (Fsp3) is 0.417. The van der Waals surface area contributed by atoms with E-state index in [1.807, 2.05) is 0 Å². The third-order valence-corrected chi connectivity index (χ3v) is 3.62. The second kappa shape index (κ2) is 5.97. The SMILES string of the molecule is CCc1nnc(Sc2ncco2)c(CN)c1CC. The standard InChI is InChI=1S/C12H16N4OS/c1-3-8-9(7-13)11(16-15-10(8)4-2)18-12-14-5-6-17-12/h5-6H,3-4,7,13H2,1-2H3. The summed E-state index contributed by atoms with van der Waals surface area (Å²) >= 11 is 1.36. The van der Waals surface area contributed by atoms with Gasteiger partial charge in [0, 0.05) is 12.1 Å². The Morgan fingerprint density at radius 2 is 2.06 bits per heavy atom. The second-order valence-corrected chi connectivity index (χ2v) is 4.66. The van der Waals surface area contributed by atoms with Crippen molar-refractivity contribution in [1.29, 1.82) is 0 Å². The average Bonchev–Trinajstić information content (AvgIpc) is 2.90. The summed E-state index contributed by atoms with van der Waals surface area (Å²) in [6.07, 6.45) is 4.93. The number of nitrogens with two attached hydrogens (primary N) is 1. The van der Waals surface area contributed by atoms with E-state index in [9.17, 15) is 0 Å². The van der Waals surface area contributed by atoms with E-state index < -0.39 is 0 Å². The molecule has 5 nitrogen and oxygen atoms in total. The van der Waals surface area contributed by atoms with Gasteiger partial charge >= 0.3 is 0 Å². The third kappa shape index (κ3) is 2.54. The van der Waals surface area contributed by atoms with Gasteiger partial charge in [-0.15, -0.1) is 5.10 Å². The van der Waals surface area contributed by atoms with Crippen LogP contribution < -0.4 is 5.73 Å². The molecule has 0 amide bonds. The molecule has 0 saturated heterocycles. The van der Waals surface area contributed by atoms with Crippen LogP contribution in [0.25, 0.3) is 0 Å². The van der Waals surface area contributed by atoms with E-state index in [-0.39, 0.29) is 0 Å². The molecular weight excluding hydrogens is 248 g/mol. The van der Waals surface area contributed by atoms with Crippen molar-refractivity contribution in [3.63, 3.8) is 0 Å². The van der Waals surface area contributed by atoms with Crippen LogP contribution in [0.5, 0.6) is 0 Å². The smallest absolute Gasteiger partial charge is 0.262 e. The Kier molecular flexibility index (Phi) is 4.33. The molecule has 6 heteroatoms. The normalized spacial score (nSPS) is 10.8. The molecule has 2 rings (SSSR count). The van der Waals surface area contributed by atoms with Gasteiger partial charge in [0.1, 0.15) is 11.3 Å². The number of aryl methyl sites for hydroxylation is 1. The maximum Gasteiger partial charge on any atom is 0.262 e. The Balaban J connectivity index is 2.41. The highest BCUT2D eigenvalue weighted by molar-refractivity contribution is 7.99. The predicted molar refractivity (Wildman–Crippen MR) is 69.3 cm³/mol. The molecule has 0 saturated carbocycles. The Labute approximate surface area is 110 Å². The van der Waals surface area contributed by atoms with Gasteiger partial charge in [-0.25, -0.2) is 4.98 Å². The van der Waals surface area contributed by atoms with Crippen LogP contribution in [0.1, 0.15) is 30.7 Å². The highest BCUT2D eigenvalue weighted by Gasteiger charge is 2.15. The van der Waals surface area contributed by atoms with Gasteiger partial charge in [0.05, 0.1) is 11.9 Å². The van der Waals surface area contributed by atoms with E-state index in [4.69, 9.17) is 10.2 Å². The lowest BCUT2D eigenvalue weighted by molar-refractivity contribution is 0.453. The maximum absolute atomic E-state index is 5.85. The van der Waals surface area contributed by atoms with Gasteiger partial charge < -0.3 is 10.2 Å². The zero-order valence-electron chi connectivity index (χ0n) is 10.5. The Bertz CT molecular complexity index is 513. The van der Waals surface area contributed by atoms with Crippen molar-refractivity contribution >= 4 is 11.8 Å². The number of hydrogen-bond acceptors (Lipinski definition) is 6. The zero-order valence-corrected chi connectivity index (χ0v) is 11.3. The molecule has 2 aromatic heterocycles. The Hall–Kier alpha value is -1.40. The molecule has 0 radical (unpaired) electrons. The first-order chi connectivity index (χ1) is 8.80. The molecular formula is C12H16N4OS. The maximum atomic E-state index is 5.85. The fourth-order valence-electron chi connectivity index (χ4n) is 1.87. The minimum Gasteiger partial charge on any atom is -0.440 e. The molecule has 0 aliphatic heterocycles. The van der Waals surface area contributed by atoms with E-state index in [1.54, 1.807) is 12.5 Å². The topological polar surface area (TPSA) is 77.8 Å². The van der Waals surface area contributed by atoms with Crippen LogP contribution in [0, 0.1) is 0 Å². The molecule has 0 aromatic carbocycles. The monoisotopic (exact) mass is 264 g/mol. The van der Waals surface area contributed by atoms with Crippen LogP contribution in [0.2, 0.25) is 0 Å². The lowest BCUT2D eigenvalue weighted by atomic mass is 10.0. The summed E-state index contributed by atoms with van der Waals surface area (Å²) < 4.78 is 5.21. The molecule has 2 N–H and O–H groups in total. The van der Waals surface area contributed by atoms with Crippen LogP contribution in [0.15, 0.2) is 27.1 Å². The minimum absolute atomic E-state index is 0.453. The van der Waals surface area contributed by atoms with Crippen molar-refractivity contribution < 1.29 is 4.42 Å². The summed E-state index contributed by atoms with van der Waals surface area (Å²) in [7, 11) is 0. The molecule has 2 heterocycles. The first-order valence-corrected chi connectivity index (χ1v) is 6.76. The minimum atomic E-state index is 0.453. The summed E-state index contributed by atoms with van der Waals surface area (Å²) in [6.45, 7) is 4.63. The van der Waals surface area contributed by atoms with Gasteiger partial charge in [-0.1, -0.05) is 13.8 Å². The second-order valence-electron chi connectivity index (χ2n) is 3.72. The molecule has 96 valence electrons. The summed E-state index contributed by atoms with van der Waals surface area (Å²) in [5.74, 6) is 0. The molecule has 0 fully saturated rings. The fourth-order valence-corrected chi connectivity index (χ4v) is 2.66. The summed E-state index contributed by atoms with van der Waals surface area (Å²) in [5, 5.41) is 9.84. The van der Waals surface area contributed by atoms with Crippen molar-refractivity contribution in [3.8, 4) is 0 Å². The quantitative estimate of drug-likeness (QED) is 0.892. The van der Waals surface area contributed by atoms with E-state index >= 15 is 0 Å². The number of aromatic nitrogens is 3. The van der Waals surface area contributed by atoms with Gasteiger partial charge in [-0.2, -0.15) is 5.10 Å². The molecule has 0 aliphatic carbocycles. The van der Waals surface area contributed by atoms with Gasteiger partial charge in [-0.05, 0) is 30.2 Å². The van der Waals surface area contributed by atoms with Gasteiger partial charge in [0.2, 0.25) is 0 Å². The highest BCUT2D eigenvalue weighted by atomic mass is 32.2. The zero-order chi connectivity index (χ0) is 13.0. The van der Waals surface area contributed by atoms with Gasteiger partial charge in [0.25, 0.3) is 5.22 Å². The van der Waals surface area contributed by atoms with Crippen molar-refractivity contribution in [2.45, 2.75) is 43.5 Å². The van der Waals surface area contributed by atoms with E-state index in [0.717, 1.165) is 29.1 Å². The lowest BCUT2D eigenvalue weighted by Crippen LogP contribution is -2.10. The highest BCUT2D eigenvalue weighted by Crippen LogP contribution is 2.29. The van der Waals surface area contributed by atoms with Crippen molar-refractivity contribution in [3.05, 3.63) is 29.3 Å². The predicted octanol–water partition coefficient (Wildman–Crippen LogP) is 2.20. The average molecular weight is 264 g/mol. The molecule has 0 atom stereocenters. The summed E-state index contributed by atoms with van der Waals surface area (Å²) in [6, 6.07) is 0.